The van der Waals surface area contributed by atoms with Crippen LogP contribution in [0.2, 0.25) is 5.02 Å². The Hall–Kier alpha value is -1.89. The summed E-state index contributed by atoms with van der Waals surface area (Å²) in [6, 6.07) is 1.87. The van der Waals surface area contributed by atoms with E-state index in [1.54, 1.807) is 6.92 Å². The molecule has 0 saturated carbocycles. The van der Waals surface area contributed by atoms with Crippen molar-refractivity contribution in [2.75, 3.05) is 11.4 Å². The topological polar surface area (TPSA) is 83.7 Å². The quantitative estimate of drug-likeness (QED) is 0.681. The number of nitro benzene ring substituents is 1. The highest BCUT2D eigenvalue weighted by atomic mass is 35.5. The summed E-state index contributed by atoms with van der Waals surface area (Å²) < 4.78 is 13.7. The van der Waals surface area contributed by atoms with Gasteiger partial charge in [0.15, 0.2) is 0 Å². The first-order valence-corrected chi connectivity index (χ1v) is 6.85. The van der Waals surface area contributed by atoms with E-state index < -0.39 is 22.2 Å². The van der Waals surface area contributed by atoms with Gasteiger partial charge in [0.2, 0.25) is 0 Å². The third-order valence-corrected chi connectivity index (χ3v) is 4.27. The molecule has 8 heteroatoms. The van der Waals surface area contributed by atoms with Gasteiger partial charge in [-0.3, -0.25) is 10.1 Å². The number of benzene rings is 1. The second-order valence-corrected chi connectivity index (χ2v) is 5.36. The van der Waals surface area contributed by atoms with Crippen molar-refractivity contribution < 1.29 is 19.2 Å². The zero-order chi connectivity index (χ0) is 15.8. The number of nitrogens with zero attached hydrogens (tertiary/aromatic N) is 2. The lowest BCUT2D eigenvalue weighted by molar-refractivity contribution is -0.384. The van der Waals surface area contributed by atoms with Crippen LogP contribution in [0.1, 0.15) is 26.2 Å². The fraction of sp³-hybridized carbons (Fsp3) is 0.462. The first kappa shape index (κ1) is 15.5. The Morgan fingerprint density at radius 3 is 2.81 bits per heavy atom. The molecule has 1 N–H and O–H groups in total. The number of carbonyl (C=O) groups is 1. The van der Waals surface area contributed by atoms with E-state index in [-0.39, 0.29) is 22.8 Å². The summed E-state index contributed by atoms with van der Waals surface area (Å²) in [5.74, 6) is -1.87. The minimum atomic E-state index is -1.25. The Morgan fingerprint density at radius 1 is 1.62 bits per heavy atom. The maximum atomic E-state index is 13.7. The standard InChI is InChI=1S/C13H14ClFN2O4/c1-2-13(12(18)19)4-3-5-16(13)10-7-9(15)8(14)6-11(10)17(20)21/h6-7H,2-5H2,1H3,(H,18,19). The highest BCUT2D eigenvalue weighted by Crippen LogP contribution is 2.42. The molecule has 0 aromatic heterocycles. The van der Waals surface area contributed by atoms with Crippen LogP contribution in [-0.4, -0.2) is 28.1 Å². The van der Waals surface area contributed by atoms with Crippen LogP contribution < -0.4 is 4.90 Å². The molecule has 1 heterocycles. The first-order valence-electron chi connectivity index (χ1n) is 6.48. The molecule has 1 fully saturated rings. The van der Waals surface area contributed by atoms with Crippen molar-refractivity contribution in [3.8, 4) is 0 Å². The number of hydrogen-bond donors (Lipinski definition) is 1. The molecule has 1 aliphatic heterocycles. The summed E-state index contributed by atoms with van der Waals surface area (Å²) in [5.41, 5.74) is -1.67. The van der Waals surface area contributed by atoms with Gasteiger partial charge >= 0.3 is 5.97 Å². The van der Waals surface area contributed by atoms with E-state index >= 15 is 0 Å². The van der Waals surface area contributed by atoms with Gasteiger partial charge in [-0.2, -0.15) is 0 Å². The summed E-state index contributed by atoms with van der Waals surface area (Å²) in [7, 11) is 0. The van der Waals surface area contributed by atoms with Crippen molar-refractivity contribution in [2.24, 2.45) is 0 Å². The lowest BCUT2D eigenvalue weighted by atomic mass is 9.92. The molecule has 0 amide bonds. The molecule has 114 valence electrons. The smallest absolute Gasteiger partial charge is 0.329 e. The van der Waals surface area contributed by atoms with Crippen molar-refractivity contribution in [2.45, 2.75) is 31.7 Å². The molecule has 2 rings (SSSR count). The lowest BCUT2D eigenvalue weighted by Gasteiger charge is -2.35. The zero-order valence-electron chi connectivity index (χ0n) is 11.3. The van der Waals surface area contributed by atoms with Gasteiger partial charge in [-0.15, -0.1) is 0 Å². The fourth-order valence-corrected chi connectivity index (χ4v) is 3.02. The first-order chi connectivity index (χ1) is 9.83. The van der Waals surface area contributed by atoms with Crippen LogP contribution in [0.25, 0.3) is 0 Å². The average Bonchev–Trinajstić information content (AvgIpc) is 2.86. The molecular formula is C13H14ClFN2O4. The predicted octanol–water partition coefficient (Wildman–Crippen LogP) is 3.22. The summed E-state index contributed by atoms with van der Waals surface area (Å²) in [6.45, 7) is 2.02. The van der Waals surface area contributed by atoms with E-state index in [1.807, 2.05) is 0 Å². The van der Waals surface area contributed by atoms with Gasteiger partial charge in [0.1, 0.15) is 17.0 Å². The molecule has 0 radical (unpaired) electrons. The minimum Gasteiger partial charge on any atom is -0.479 e. The van der Waals surface area contributed by atoms with E-state index in [0.29, 0.717) is 19.4 Å². The van der Waals surface area contributed by atoms with Crippen LogP contribution in [0.4, 0.5) is 15.8 Å². The maximum Gasteiger partial charge on any atom is 0.329 e. The molecule has 0 bridgehead atoms. The Bertz CT molecular complexity index is 610. The Morgan fingerprint density at radius 2 is 2.29 bits per heavy atom. The fourth-order valence-electron chi connectivity index (χ4n) is 2.86. The number of aliphatic carboxylic acids is 1. The number of hydrogen-bond acceptors (Lipinski definition) is 4. The number of anilines is 1. The number of carboxylic acids is 1. The van der Waals surface area contributed by atoms with Crippen LogP contribution >= 0.6 is 11.6 Å². The SMILES string of the molecule is CCC1(C(=O)O)CCCN1c1cc(F)c(Cl)cc1[N+](=O)[O-]. The largest absolute Gasteiger partial charge is 0.479 e. The summed E-state index contributed by atoms with van der Waals surface area (Å²) >= 11 is 5.59. The molecule has 1 aromatic carbocycles. The second kappa shape index (κ2) is 5.48. The molecule has 1 aromatic rings. The van der Waals surface area contributed by atoms with E-state index in [2.05, 4.69) is 0 Å². The van der Waals surface area contributed by atoms with Crippen molar-refractivity contribution in [1.82, 2.24) is 0 Å². The van der Waals surface area contributed by atoms with Crippen LogP contribution in [0, 0.1) is 15.9 Å². The van der Waals surface area contributed by atoms with Gasteiger partial charge in [0.25, 0.3) is 5.69 Å². The maximum absolute atomic E-state index is 13.7. The second-order valence-electron chi connectivity index (χ2n) is 4.96. The van der Waals surface area contributed by atoms with E-state index in [1.165, 1.54) is 4.90 Å². The summed E-state index contributed by atoms with van der Waals surface area (Å²) in [6.07, 6.45) is 1.20. The van der Waals surface area contributed by atoms with Crippen LogP contribution in [0.5, 0.6) is 0 Å². The Labute approximate surface area is 125 Å². The summed E-state index contributed by atoms with van der Waals surface area (Å²) in [4.78, 5) is 23.5. The van der Waals surface area contributed by atoms with Crippen LogP contribution in [-0.2, 0) is 4.79 Å². The van der Waals surface area contributed by atoms with E-state index in [4.69, 9.17) is 11.6 Å². The van der Waals surface area contributed by atoms with Crippen LogP contribution in [0.15, 0.2) is 12.1 Å². The monoisotopic (exact) mass is 316 g/mol. The summed E-state index contributed by atoms with van der Waals surface area (Å²) in [5, 5.41) is 20.3. The molecule has 1 unspecified atom stereocenters. The van der Waals surface area contributed by atoms with Crippen molar-refractivity contribution >= 4 is 28.9 Å². The molecule has 1 aliphatic rings. The van der Waals surface area contributed by atoms with Gasteiger partial charge in [-0.05, 0) is 19.3 Å². The van der Waals surface area contributed by atoms with Gasteiger partial charge in [0, 0.05) is 18.7 Å². The molecule has 0 aliphatic carbocycles. The van der Waals surface area contributed by atoms with Gasteiger partial charge < -0.3 is 10.0 Å². The highest BCUT2D eigenvalue weighted by Gasteiger charge is 2.48. The van der Waals surface area contributed by atoms with E-state index in [0.717, 1.165) is 12.1 Å². The van der Waals surface area contributed by atoms with Crippen LogP contribution in [0.3, 0.4) is 0 Å². The number of carboxylic acid groups (broad SMARTS) is 1. The number of rotatable bonds is 4. The third-order valence-electron chi connectivity index (χ3n) is 3.98. The molecule has 1 atom stereocenters. The zero-order valence-corrected chi connectivity index (χ0v) is 12.1. The normalized spacial score (nSPS) is 21.6. The number of halogens is 2. The van der Waals surface area contributed by atoms with Gasteiger partial charge in [-0.1, -0.05) is 18.5 Å². The van der Waals surface area contributed by atoms with Crippen molar-refractivity contribution in [1.29, 1.82) is 0 Å². The Balaban J connectivity index is 2.62. The Kier molecular flexibility index (Phi) is 4.04. The van der Waals surface area contributed by atoms with Crippen molar-refractivity contribution in [3.05, 3.63) is 33.1 Å². The molecule has 21 heavy (non-hydrogen) atoms. The molecule has 1 saturated heterocycles. The molecular weight excluding hydrogens is 303 g/mol. The third kappa shape index (κ3) is 2.42. The van der Waals surface area contributed by atoms with Crippen molar-refractivity contribution in [3.63, 3.8) is 0 Å². The van der Waals surface area contributed by atoms with Gasteiger partial charge in [0.05, 0.1) is 9.95 Å². The minimum absolute atomic E-state index is 0.0383. The van der Waals surface area contributed by atoms with Gasteiger partial charge in [-0.25, -0.2) is 9.18 Å². The number of nitro groups is 1. The average molecular weight is 317 g/mol. The van der Waals surface area contributed by atoms with E-state index in [9.17, 15) is 24.4 Å². The molecule has 6 nitrogen and oxygen atoms in total. The predicted molar refractivity (Wildman–Crippen MR) is 75.3 cm³/mol. The lowest BCUT2D eigenvalue weighted by Crippen LogP contribution is -2.50. The molecule has 0 spiro atoms. The highest BCUT2D eigenvalue weighted by molar-refractivity contribution is 6.31.